The van der Waals surface area contributed by atoms with Gasteiger partial charge in [-0.15, -0.1) is 0 Å². The number of primary amides is 1. The molecule has 0 radical (unpaired) electrons. The molecular weight excluding hydrogens is 232 g/mol. The van der Waals surface area contributed by atoms with Crippen LogP contribution in [0.15, 0.2) is 0 Å². The monoisotopic (exact) mass is 260 g/mol. The molecule has 0 saturated heterocycles. The Morgan fingerprint density at radius 3 is 2.67 bits per heavy atom. The molecule has 0 aliphatic carbocycles. The maximum atomic E-state index is 11.5. The highest BCUT2D eigenvalue weighted by molar-refractivity contribution is 5.84. The van der Waals surface area contributed by atoms with Crippen molar-refractivity contribution in [2.24, 2.45) is 5.73 Å². The summed E-state index contributed by atoms with van der Waals surface area (Å²) in [4.78, 5) is 11.5. The third kappa shape index (κ3) is 6.93. The maximum Gasteiger partial charge on any atom is 0.237 e. The minimum atomic E-state index is -0.635. The number of hydrogen-bond acceptors (Lipinski definition) is 4. The fourth-order valence-corrected chi connectivity index (χ4v) is 1.69. The summed E-state index contributed by atoms with van der Waals surface area (Å²) in [7, 11) is 1.65. The molecule has 0 bridgehead atoms. The van der Waals surface area contributed by atoms with Crippen LogP contribution in [0.2, 0.25) is 0 Å². The first-order valence-corrected chi connectivity index (χ1v) is 6.61. The van der Waals surface area contributed by atoms with E-state index in [0.29, 0.717) is 19.6 Å². The van der Waals surface area contributed by atoms with E-state index in [1.54, 1.807) is 7.11 Å². The fraction of sp³-hybridized carbons (Fsp3) is 0.923. The van der Waals surface area contributed by atoms with Crippen LogP contribution in [0, 0.1) is 0 Å². The number of carbonyl (C=O) groups is 1. The van der Waals surface area contributed by atoms with E-state index in [-0.39, 0.29) is 12.0 Å². The molecule has 2 unspecified atom stereocenters. The molecule has 0 aromatic heterocycles. The van der Waals surface area contributed by atoms with Crippen molar-refractivity contribution in [3.05, 3.63) is 0 Å². The molecule has 3 N–H and O–H groups in total. The quantitative estimate of drug-likeness (QED) is 0.545. The molecule has 1 amide bonds. The zero-order valence-corrected chi connectivity index (χ0v) is 12.1. The van der Waals surface area contributed by atoms with E-state index in [1.807, 2.05) is 13.8 Å². The maximum absolute atomic E-state index is 11.5. The fourth-order valence-electron chi connectivity index (χ4n) is 1.69. The second-order valence-corrected chi connectivity index (χ2v) is 4.86. The van der Waals surface area contributed by atoms with Crippen LogP contribution in [0.25, 0.3) is 0 Å². The largest absolute Gasteiger partial charge is 0.382 e. The number of ether oxygens (including phenoxy) is 2. The Morgan fingerprint density at radius 2 is 2.17 bits per heavy atom. The first kappa shape index (κ1) is 17.4. The highest BCUT2D eigenvalue weighted by Crippen LogP contribution is 2.12. The number of nitrogens with one attached hydrogen (secondary N) is 1. The number of rotatable bonds is 11. The van der Waals surface area contributed by atoms with Gasteiger partial charge in [0.15, 0.2) is 0 Å². The molecule has 5 heteroatoms. The molecule has 0 aliphatic rings. The van der Waals surface area contributed by atoms with Crippen LogP contribution in [0.3, 0.4) is 0 Å². The summed E-state index contributed by atoms with van der Waals surface area (Å²) in [6.07, 6.45) is 2.54. The topological polar surface area (TPSA) is 73.6 Å². The number of methoxy groups -OCH3 is 1. The van der Waals surface area contributed by atoms with Crippen molar-refractivity contribution in [2.45, 2.75) is 51.7 Å². The predicted octanol–water partition coefficient (Wildman–Crippen LogP) is 1.06. The molecule has 0 spiro atoms. The van der Waals surface area contributed by atoms with E-state index in [2.05, 4.69) is 12.2 Å². The van der Waals surface area contributed by atoms with Gasteiger partial charge in [-0.25, -0.2) is 0 Å². The molecule has 5 nitrogen and oxygen atoms in total. The van der Waals surface area contributed by atoms with Crippen molar-refractivity contribution >= 4 is 5.91 Å². The zero-order valence-electron chi connectivity index (χ0n) is 12.1. The molecule has 0 aliphatic heterocycles. The van der Waals surface area contributed by atoms with Crippen LogP contribution >= 0.6 is 0 Å². The van der Waals surface area contributed by atoms with Gasteiger partial charge in [0.2, 0.25) is 5.91 Å². The minimum absolute atomic E-state index is 0.0819. The van der Waals surface area contributed by atoms with E-state index in [9.17, 15) is 4.79 Å². The third-order valence-corrected chi connectivity index (χ3v) is 2.93. The van der Waals surface area contributed by atoms with Gasteiger partial charge in [0.1, 0.15) is 0 Å². The van der Waals surface area contributed by atoms with E-state index in [1.165, 1.54) is 0 Å². The summed E-state index contributed by atoms with van der Waals surface area (Å²) in [6, 6.07) is 0. The number of hydrogen-bond donors (Lipinski definition) is 2. The van der Waals surface area contributed by atoms with Gasteiger partial charge < -0.3 is 20.5 Å². The lowest BCUT2D eigenvalue weighted by atomic mass is 9.95. The van der Waals surface area contributed by atoms with Crippen LogP contribution in [-0.2, 0) is 14.3 Å². The molecule has 2 atom stereocenters. The Labute approximate surface area is 110 Å². The van der Waals surface area contributed by atoms with Crippen molar-refractivity contribution in [3.63, 3.8) is 0 Å². The lowest BCUT2D eigenvalue weighted by Gasteiger charge is -2.27. The van der Waals surface area contributed by atoms with Crippen molar-refractivity contribution in [3.8, 4) is 0 Å². The highest BCUT2D eigenvalue weighted by atomic mass is 16.5. The third-order valence-electron chi connectivity index (χ3n) is 2.93. The molecule has 18 heavy (non-hydrogen) atoms. The van der Waals surface area contributed by atoms with Gasteiger partial charge in [-0.3, -0.25) is 4.79 Å². The van der Waals surface area contributed by atoms with Crippen molar-refractivity contribution in [2.75, 3.05) is 26.9 Å². The highest BCUT2D eigenvalue weighted by Gasteiger charge is 2.29. The van der Waals surface area contributed by atoms with E-state index in [4.69, 9.17) is 15.2 Å². The normalized spacial score (nSPS) is 16.2. The Kier molecular flexibility index (Phi) is 8.97. The number of carbonyl (C=O) groups excluding carboxylic acids is 1. The van der Waals surface area contributed by atoms with Crippen molar-refractivity contribution in [1.82, 2.24) is 5.32 Å². The summed E-state index contributed by atoms with van der Waals surface area (Å²) in [5.74, 6) is -0.305. The molecule has 0 aromatic carbocycles. The Morgan fingerprint density at radius 1 is 1.50 bits per heavy atom. The summed E-state index contributed by atoms with van der Waals surface area (Å²) >= 11 is 0. The molecule has 0 heterocycles. The molecule has 0 aromatic rings. The Hall–Kier alpha value is -0.650. The average molecular weight is 260 g/mol. The zero-order chi connectivity index (χ0) is 14.0. The first-order chi connectivity index (χ1) is 8.46. The van der Waals surface area contributed by atoms with Gasteiger partial charge in [-0.2, -0.15) is 0 Å². The number of nitrogens with two attached hydrogens (primary N) is 1. The van der Waals surface area contributed by atoms with E-state index in [0.717, 1.165) is 19.4 Å². The van der Waals surface area contributed by atoms with E-state index >= 15 is 0 Å². The SMILES string of the molecule is CCCNC(C)(CCCOC(C)COC)C(N)=O. The minimum Gasteiger partial charge on any atom is -0.382 e. The summed E-state index contributed by atoms with van der Waals surface area (Å²) < 4.78 is 10.5. The van der Waals surface area contributed by atoms with Gasteiger partial charge in [0.05, 0.1) is 18.2 Å². The van der Waals surface area contributed by atoms with Crippen LogP contribution in [0.4, 0.5) is 0 Å². The van der Waals surface area contributed by atoms with Gasteiger partial charge in [-0.05, 0) is 39.7 Å². The van der Waals surface area contributed by atoms with Crippen LogP contribution in [0.5, 0.6) is 0 Å². The van der Waals surface area contributed by atoms with Crippen LogP contribution in [0.1, 0.15) is 40.0 Å². The second kappa shape index (κ2) is 9.30. The molecular formula is C13H28N2O3. The molecule has 0 saturated carbocycles. The number of amides is 1. The van der Waals surface area contributed by atoms with Crippen LogP contribution in [-0.4, -0.2) is 44.4 Å². The standard InChI is InChI=1S/C13H28N2O3/c1-5-8-15-13(3,12(14)16)7-6-9-18-11(2)10-17-4/h11,15H,5-10H2,1-4H3,(H2,14,16). The summed E-state index contributed by atoms with van der Waals surface area (Å²) in [6.45, 7) is 7.86. The summed E-state index contributed by atoms with van der Waals surface area (Å²) in [5.41, 5.74) is 4.80. The average Bonchev–Trinajstić information content (AvgIpc) is 2.32. The molecule has 0 fully saturated rings. The first-order valence-electron chi connectivity index (χ1n) is 6.61. The van der Waals surface area contributed by atoms with E-state index < -0.39 is 5.54 Å². The Balaban J connectivity index is 3.94. The predicted molar refractivity (Wildman–Crippen MR) is 72.4 cm³/mol. The molecule has 0 rings (SSSR count). The van der Waals surface area contributed by atoms with Gasteiger partial charge >= 0.3 is 0 Å². The Bertz CT molecular complexity index is 236. The second-order valence-electron chi connectivity index (χ2n) is 4.86. The van der Waals surface area contributed by atoms with Crippen molar-refractivity contribution < 1.29 is 14.3 Å². The van der Waals surface area contributed by atoms with Gasteiger partial charge in [-0.1, -0.05) is 6.92 Å². The lowest BCUT2D eigenvalue weighted by Crippen LogP contribution is -2.53. The summed E-state index contributed by atoms with van der Waals surface area (Å²) in [5, 5.41) is 3.20. The van der Waals surface area contributed by atoms with Crippen LogP contribution < -0.4 is 11.1 Å². The van der Waals surface area contributed by atoms with Crippen molar-refractivity contribution in [1.29, 1.82) is 0 Å². The lowest BCUT2D eigenvalue weighted by molar-refractivity contribution is -0.124. The smallest absolute Gasteiger partial charge is 0.237 e. The van der Waals surface area contributed by atoms with Gasteiger partial charge in [0.25, 0.3) is 0 Å². The van der Waals surface area contributed by atoms with Gasteiger partial charge in [0, 0.05) is 13.7 Å². The molecule has 108 valence electrons.